The largest absolute Gasteiger partial charge is 0.482 e. The van der Waals surface area contributed by atoms with E-state index in [1.807, 2.05) is 97.1 Å². The molecule has 97 heavy (non-hydrogen) atoms. The number of nitrogens with one attached hydrogen (secondary N) is 3. The van der Waals surface area contributed by atoms with Crippen LogP contribution < -0.4 is 16.0 Å². The van der Waals surface area contributed by atoms with Crippen molar-refractivity contribution in [3.05, 3.63) is 179 Å². The van der Waals surface area contributed by atoms with Crippen molar-refractivity contribution in [2.75, 3.05) is 86.5 Å². The number of methoxy groups -OCH3 is 2. The Balaban J connectivity index is 0.000000242. The molecule has 0 aliphatic heterocycles. The van der Waals surface area contributed by atoms with Gasteiger partial charge in [0, 0.05) is 69.5 Å². The highest BCUT2D eigenvalue weighted by atomic mass is 16.6. The fourth-order valence-electron chi connectivity index (χ4n) is 10.7. The number of aliphatic carboxylic acids is 2. The van der Waals surface area contributed by atoms with Gasteiger partial charge in [0.25, 0.3) is 11.9 Å². The molecule has 9 rings (SSSR count). The van der Waals surface area contributed by atoms with E-state index in [2.05, 4.69) is 86.5 Å². The Morgan fingerprint density at radius 3 is 0.969 bits per heavy atom. The Morgan fingerprint density at radius 1 is 0.392 bits per heavy atom. The Kier molecular flexibility index (Phi) is 33.1. The minimum atomic E-state index is -1.15. The maximum Gasteiger partial charge on any atom is 0.407 e. The van der Waals surface area contributed by atoms with Gasteiger partial charge in [0.05, 0.1) is 52.2 Å². The van der Waals surface area contributed by atoms with Gasteiger partial charge in [0.15, 0.2) is 0 Å². The molecule has 8 radical (unpaired) electrons. The molecule has 27 heteroatoms. The molecule has 0 unspecified atom stereocenters. The van der Waals surface area contributed by atoms with Crippen LogP contribution in [0.1, 0.15) is 77.3 Å². The number of carbonyl (C=O) groups excluding carboxylic acids is 8. The van der Waals surface area contributed by atoms with E-state index in [1.165, 1.54) is 41.4 Å². The monoisotopic (exact) mass is 1320 g/mol. The Morgan fingerprint density at radius 2 is 0.701 bits per heavy atom. The summed E-state index contributed by atoms with van der Waals surface area (Å²) in [5.41, 5.74) is 13.9. The van der Waals surface area contributed by atoms with E-state index >= 15 is 0 Å². The first-order chi connectivity index (χ1) is 46.8. The van der Waals surface area contributed by atoms with Gasteiger partial charge in [-0.05, 0) is 99.2 Å². The molecule has 0 spiro atoms. The van der Waals surface area contributed by atoms with Gasteiger partial charge in [-0.1, -0.05) is 146 Å². The number of benzene rings is 6. The fraction of sp³-hybridized carbons (Fsp3) is 0.343. The first kappa shape index (κ1) is 77.4. The third-order valence-corrected chi connectivity index (χ3v) is 15.2. The zero-order valence-corrected chi connectivity index (χ0v) is 54.4. The fourth-order valence-corrected chi connectivity index (χ4v) is 10.7. The van der Waals surface area contributed by atoms with Crippen LogP contribution in [0.15, 0.2) is 146 Å². The third kappa shape index (κ3) is 24.1. The summed E-state index contributed by atoms with van der Waals surface area (Å²) in [6.07, 6.45) is -0.714. The van der Waals surface area contributed by atoms with Gasteiger partial charge in [-0.2, -0.15) is 0 Å². The maximum absolute atomic E-state index is 12.2. The minimum absolute atomic E-state index is 0.0200. The lowest BCUT2D eigenvalue weighted by molar-refractivity contribution is -0.146. The quantitative estimate of drug-likeness (QED) is 0.0150. The first-order valence-corrected chi connectivity index (χ1v) is 31.2. The van der Waals surface area contributed by atoms with Crippen LogP contribution in [-0.4, -0.2) is 198 Å². The first-order valence-electron chi connectivity index (χ1n) is 31.2. The van der Waals surface area contributed by atoms with Gasteiger partial charge in [0.2, 0.25) is 11.8 Å². The highest BCUT2D eigenvalue weighted by molar-refractivity contribution is 6.20. The second-order valence-electron chi connectivity index (χ2n) is 21.4. The predicted molar refractivity (Wildman–Crippen MR) is 364 cm³/mol. The molecule has 0 saturated heterocycles. The predicted octanol–water partition coefficient (Wildman–Crippen LogP) is 7.80. The SMILES string of the molecule is COC(=O)CCCCNC(=O)OCC1c2ccccc2-c2ccccc21.[B]CC(=O)N(CCNC(=O)OCC1c2ccccc2-c2ccccc21)CC(=O)O.[B]CC(=O)N(CCNC(=O)OCC1c2ccccc2-c2ccccc21)CC(=O)OC.[B]CC(=O)O.[B]CC(=O)OCC. The number of esters is 3. The number of ether oxygens (including phenoxy) is 6. The molecule has 0 saturated carbocycles. The highest BCUT2D eigenvalue weighted by Crippen LogP contribution is 2.47. The van der Waals surface area contributed by atoms with E-state index in [0.29, 0.717) is 39.0 Å². The normalized spacial score (nSPS) is 11.5. The summed E-state index contributed by atoms with van der Waals surface area (Å²) >= 11 is 0. The average molecular weight is 1320 g/mol. The molecule has 0 bridgehead atoms. The summed E-state index contributed by atoms with van der Waals surface area (Å²) in [4.78, 5) is 115. The van der Waals surface area contributed by atoms with Crippen LogP contribution in [-0.2, 0) is 62.0 Å². The summed E-state index contributed by atoms with van der Waals surface area (Å²) in [5, 5.41) is 24.3. The average Bonchev–Trinajstić information content (AvgIpc) is 1.64. The number of carboxylic acid groups (broad SMARTS) is 2. The number of carbonyl (C=O) groups is 10. The zero-order valence-electron chi connectivity index (χ0n) is 54.4. The molecule has 6 aromatic carbocycles. The summed E-state index contributed by atoms with van der Waals surface area (Å²) in [7, 11) is 22.7. The molecule has 0 atom stereocenters. The molecule has 0 heterocycles. The number of unbranched alkanes of at least 4 members (excludes halogenated alkanes) is 1. The van der Waals surface area contributed by atoms with Crippen molar-refractivity contribution in [1.82, 2.24) is 25.8 Å². The number of amides is 5. The van der Waals surface area contributed by atoms with Crippen molar-refractivity contribution in [3.63, 3.8) is 0 Å². The van der Waals surface area contributed by atoms with Gasteiger partial charge in [-0.15, -0.1) is 0 Å². The maximum atomic E-state index is 12.2. The van der Waals surface area contributed by atoms with Crippen LogP contribution in [0.2, 0.25) is 25.3 Å². The molecule has 0 fully saturated rings. The van der Waals surface area contributed by atoms with Crippen molar-refractivity contribution in [1.29, 1.82) is 0 Å². The Bertz CT molecular complexity index is 3500. The van der Waals surface area contributed by atoms with Crippen LogP contribution in [0.3, 0.4) is 0 Å². The summed E-state index contributed by atoms with van der Waals surface area (Å²) in [5.74, 6) is -4.17. The lowest BCUT2D eigenvalue weighted by Crippen LogP contribution is -2.41. The standard InChI is InChI=1S/C22H23BN2O5.C21H21BN2O5.C21H23NO4.C4H7BO2.C2H3BO2/c1-29-21(27)13-25(20(26)12-23)11-10-24-22(28)30-14-19-17-8-4-2-6-15(17)16-7-3-5-9-18(16)19;22-11-19(25)24(12-20(26)27)10-9-23-21(28)29-13-18-16-7-3-1-5-14(16)15-6-2-4-8-17(15)18;1-25-20(23)12-6-7-13-22-21(24)26-14-19-17-10-4-2-8-15(17)16-9-3-5-11-18(16)19;1-2-7-4(6)3-5;3-1-2(4)5/h2-9,19H,10-14H2,1H3,(H,24,28);1-8,18H,9-13H2,(H,23,28)(H,26,27);2-5,8-11,19H,6-7,12-14H2,1H3,(H,22,24);2-3H2,1H3;1H2,(H,4,5). The van der Waals surface area contributed by atoms with E-state index < -0.39 is 54.5 Å². The topological polar surface area (TPSA) is 309 Å². The number of hydrogen-bond acceptors (Lipinski definition) is 16. The van der Waals surface area contributed by atoms with Gasteiger partial charge in [0.1, 0.15) is 32.9 Å². The van der Waals surface area contributed by atoms with Crippen LogP contribution in [0.5, 0.6) is 0 Å². The number of alkyl carbamates (subject to hydrolysis) is 3. The van der Waals surface area contributed by atoms with Gasteiger partial charge in [-0.25, -0.2) is 14.4 Å². The lowest BCUT2D eigenvalue weighted by Gasteiger charge is -2.21. The number of hydrogen-bond donors (Lipinski definition) is 5. The summed E-state index contributed by atoms with van der Waals surface area (Å²) in [6, 6.07) is 48.7. The van der Waals surface area contributed by atoms with Crippen molar-refractivity contribution in [2.24, 2.45) is 0 Å². The molecule has 3 aliphatic rings. The van der Waals surface area contributed by atoms with E-state index in [-0.39, 0.29) is 101 Å². The summed E-state index contributed by atoms with van der Waals surface area (Å²) in [6.45, 7) is 2.98. The molecular weight excluding hydrogens is 1240 g/mol. The second-order valence-corrected chi connectivity index (χ2v) is 21.4. The van der Waals surface area contributed by atoms with Crippen LogP contribution >= 0.6 is 0 Å². The molecule has 5 N–H and O–H groups in total. The lowest BCUT2D eigenvalue weighted by atomic mass is 9.98. The molecule has 3 aliphatic carbocycles. The molecule has 5 amide bonds. The van der Waals surface area contributed by atoms with E-state index in [1.54, 1.807) is 6.92 Å². The minimum Gasteiger partial charge on any atom is -0.482 e. The number of fused-ring (bicyclic) bond motifs is 9. The van der Waals surface area contributed by atoms with Gasteiger partial charge >= 0.3 is 36.2 Å². The van der Waals surface area contributed by atoms with Crippen LogP contribution in [0, 0.1) is 0 Å². The van der Waals surface area contributed by atoms with E-state index in [0.717, 1.165) is 49.4 Å². The third-order valence-electron chi connectivity index (χ3n) is 15.2. The zero-order chi connectivity index (χ0) is 70.7. The second kappa shape index (κ2) is 41.5. The highest BCUT2D eigenvalue weighted by Gasteiger charge is 2.32. The van der Waals surface area contributed by atoms with E-state index in [4.69, 9.17) is 48.0 Å². The van der Waals surface area contributed by atoms with Crippen LogP contribution in [0.25, 0.3) is 33.4 Å². The van der Waals surface area contributed by atoms with Gasteiger partial charge < -0.3 is 64.4 Å². The number of nitrogens with zero attached hydrogens (tertiary/aromatic N) is 2. The van der Waals surface area contributed by atoms with E-state index in [9.17, 15) is 47.9 Å². The molecule has 0 aromatic heterocycles. The number of carboxylic acids is 2. The molecule has 502 valence electrons. The van der Waals surface area contributed by atoms with Crippen molar-refractivity contribution in [2.45, 2.75) is 69.2 Å². The van der Waals surface area contributed by atoms with Crippen molar-refractivity contribution >= 4 is 91.3 Å². The van der Waals surface area contributed by atoms with Gasteiger partial charge in [-0.3, -0.25) is 33.6 Å². The molecular formula is C70H77B4N5O18. The van der Waals surface area contributed by atoms with Crippen LogP contribution in [0.4, 0.5) is 14.4 Å². The molecule has 23 nitrogen and oxygen atoms in total. The Hall–Kier alpha value is -10.3. The van der Waals surface area contributed by atoms with Crippen molar-refractivity contribution < 1.29 is 86.6 Å². The smallest absolute Gasteiger partial charge is 0.407 e. The summed E-state index contributed by atoms with van der Waals surface area (Å²) < 4.78 is 29.9. The number of rotatable bonds is 26. The molecule has 6 aromatic rings. The Labute approximate surface area is 569 Å². The van der Waals surface area contributed by atoms with Crippen molar-refractivity contribution in [3.8, 4) is 33.4 Å².